The lowest BCUT2D eigenvalue weighted by Gasteiger charge is -2.26. The summed E-state index contributed by atoms with van der Waals surface area (Å²) in [6.07, 6.45) is 0.825. The van der Waals surface area contributed by atoms with Crippen molar-refractivity contribution >= 4 is 11.4 Å². The normalized spacial score (nSPS) is 14.9. The molecule has 1 rings (SSSR count). The fourth-order valence-corrected chi connectivity index (χ4v) is 2.33. The van der Waals surface area contributed by atoms with Crippen molar-refractivity contribution in [1.29, 1.82) is 0 Å². The number of hydrogen-bond acceptors (Lipinski definition) is 3. The summed E-state index contributed by atoms with van der Waals surface area (Å²) in [6.45, 7) is 10.1. The van der Waals surface area contributed by atoms with Crippen LogP contribution in [0.1, 0.15) is 52.6 Å². The summed E-state index contributed by atoms with van der Waals surface area (Å²) in [5, 5.41) is 0. The van der Waals surface area contributed by atoms with E-state index in [2.05, 4.69) is 4.72 Å². The smallest absolute Gasteiger partial charge is 0.165 e. The quantitative estimate of drug-likeness (QED) is 0.814. The van der Waals surface area contributed by atoms with Gasteiger partial charge in [-0.1, -0.05) is 13.0 Å². The van der Waals surface area contributed by atoms with Crippen molar-refractivity contribution in [3.8, 4) is 5.75 Å². The molecule has 2 atom stereocenters. The van der Waals surface area contributed by atoms with Crippen LogP contribution in [0.15, 0.2) is 18.2 Å². The Bertz CT molecular complexity index is 434. The molecular formula is C15H24FNO2S. The van der Waals surface area contributed by atoms with Gasteiger partial charge in [-0.25, -0.2) is 4.39 Å². The minimum absolute atomic E-state index is 0.139. The van der Waals surface area contributed by atoms with Crippen molar-refractivity contribution in [2.75, 3.05) is 6.61 Å². The highest BCUT2D eigenvalue weighted by Crippen LogP contribution is 2.25. The highest BCUT2D eigenvalue weighted by molar-refractivity contribution is 7.90. The molecule has 1 unspecified atom stereocenters. The minimum Gasteiger partial charge on any atom is -0.598 e. The van der Waals surface area contributed by atoms with Gasteiger partial charge in [0.15, 0.2) is 11.6 Å². The Hall–Kier alpha value is -0.780. The first-order valence-corrected chi connectivity index (χ1v) is 8.01. The van der Waals surface area contributed by atoms with E-state index in [1.54, 1.807) is 12.1 Å². The molecule has 1 aromatic rings. The monoisotopic (exact) mass is 301 g/mol. The molecule has 0 aliphatic rings. The van der Waals surface area contributed by atoms with E-state index in [4.69, 9.17) is 4.74 Å². The second-order valence-corrected chi connectivity index (χ2v) is 7.76. The molecule has 1 aromatic carbocycles. The van der Waals surface area contributed by atoms with Gasteiger partial charge in [-0.3, -0.25) is 0 Å². The molecular weight excluding hydrogens is 277 g/mol. The zero-order chi connectivity index (χ0) is 15.3. The van der Waals surface area contributed by atoms with Gasteiger partial charge in [-0.15, -0.1) is 4.72 Å². The fourth-order valence-electron chi connectivity index (χ4n) is 1.52. The summed E-state index contributed by atoms with van der Waals surface area (Å²) >= 11 is -1.17. The molecule has 1 N–H and O–H groups in total. The van der Waals surface area contributed by atoms with Gasteiger partial charge < -0.3 is 9.29 Å². The Morgan fingerprint density at radius 2 is 2.05 bits per heavy atom. The standard InChI is InChI=1S/C15H24FNO2S/c1-6-9-19-14-10-12(7-8-13(14)16)11(2)17-20(18)15(3,4)5/h7-8,10-11,17H,6,9H2,1-5H3/t11-,20?/m0/s1. The van der Waals surface area contributed by atoms with Crippen LogP contribution < -0.4 is 9.46 Å². The van der Waals surface area contributed by atoms with Crippen molar-refractivity contribution in [3.05, 3.63) is 29.6 Å². The summed E-state index contributed by atoms with van der Waals surface area (Å²) in [5.74, 6) is -0.120. The largest absolute Gasteiger partial charge is 0.598 e. The van der Waals surface area contributed by atoms with Crippen molar-refractivity contribution < 1.29 is 13.7 Å². The lowest BCUT2D eigenvalue weighted by atomic mass is 10.1. The maximum absolute atomic E-state index is 13.6. The van der Waals surface area contributed by atoms with Gasteiger partial charge in [0.05, 0.1) is 12.6 Å². The van der Waals surface area contributed by atoms with Crippen molar-refractivity contribution in [2.45, 2.75) is 51.8 Å². The molecule has 0 aliphatic heterocycles. The van der Waals surface area contributed by atoms with Crippen LogP contribution in [0.3, 0.4) is 0 Å². The zero-order valence-electron chi connectivity index (χ0n) is 12.8. The number of hydrogen-bond donors (Lipinski definition) is 1. The van der Waals surface area contributed by atoms with Gasteiger partial charge in [0.2, 0.25) is 0 Å². The molecule has 0 heterocycles. The molecule has 3 nitrogen and oxygen atoms in total. The van der Waals surface area contributed by atoms with Gasteiger partial charge in [0, 0.05) is 11.4 Å². The SMILES string of the molecule is CCCOc1cc([C@H](C)N[S+]([O-])C(C)(C)C)ccc1F. The van der Waals surface area contributed by atoms with Crippen LogP contribution in [-0.4, -0.2) is 15.9 Å². The summed E-state index contributed by atoms with van der Waals surface area (Å²) in [6, 6.07) is 4.60. The summed E-state index contributed by atoms with van der Waals surface area (Å²) in [5.41, 5.74) is 0.857. The molecule has 0 aromatic heterocycles. The zero-order valence-corrected chi connectivity index (χ0v) is 13.6. The molecule has 0 saturated carbocycles. The van der Waals surface area contributed by atoms with E-state index >= 15 is 0 Å². The van der Waals surface area contributed by atoms with Crippen LogP contribution in [-0.2, 0) is 11.4 Å². The third kappa shape index (κ3) is 4.96. The van der Waals surface area contributed by atoms with Gasteiger partial charge in [-0.05, 0) is 51.8 Å². The Kier molecular flexibility index (Phi) is 6.30. The molecule has 0 fully saturated rings. The van der Waals surface area contributed by atoms with Crippen LogP contribution in [0, 0.1) is 5.82 Å². The topological polar surface area (TPSA) is 44.3 Å². The molecule has 0 radical (unpaired) electrons. The van der Waals surface area contributed by atoms with E-state index in [-0.39, 0.29) is 22.4 Å². The third-order valence-electron chi connectivity index (χ3n) is 2.76. The van der Waals surface area contributed by atoms with E-state index in [1.807, 2.05) is 34.6 Å². The minimum atomic E-state index is -1.17. The predicted molar refractivity (Wildman–Crippen MR) is 81.6 cm³/mol. The number of halogens is 1. The molecule has 20 heavy (non-hydrogen) atoms. The number of benzene rings is 1. The lowest BCUT2D eigenvalue weighted by Crippen LogP contribution is -2.40. The van der Waals surface area contributed by atoms with Crippen LogP contribution in [0.4, 0.5) is 4.39 Å². The van der Waals surface area contributed by atoms with Gasteiger partial charge in [-0.2, -0.15) is 0 Å². The molecule has 0 aliphatic carbocycles. The van der Waals surface area contributed by atoms with E-state index < -0.39 is 11.4 Å². The molecule has 0 spiro atoms. The second kappa shape index (κ2) is 7.29. The van der Waals surface area contributed by atoms with Crippen molar-refractivity contribution in [3.63, 3.8) is 0 Å². The molecule has 114 valence electrons. The molecule has 0 amide bonds. The highest BCUT2D eigenvalue weighted by Gasteiger charge is 2.28. The van der Waals surface area contributed by atoms with Crippen molar-refractivity contribution in [1.82, 2.24) is 4.72 Å². The highest BCUT2D eigenvalue weighted by atomic mass is 32.2. The summed E-state index contributed by atoms with van der Waals surface area (Å²) in [7, 11) is 0. The Morgan fingerprint density at radius 1 is 1.40 bits per heavy atom. The first-order valence-electron chi connectivity index (χ1n) is 6.86. The first-order chi connectivity index (χ1) is 9.25. The molecule has 0 bridgehead atoms. The Labute approximate surface area is 124 Å². The van der Waals surface area contributed by atoms with E-state index in [0.29, 0.717) is 6.61 Å². The molecule has 0 saturated heterocycles. The number of ether oxygens (including phenoxy) is 1. The third-order valence-corrected chi connectivity index (χ3v) is 4.44. The van der Waals surface area contributed by atoms with E-state index in [0.717, 1.165) is 12.0 Å². The Morgan fingerprint density at radius 3 is 2.60 bits per heavy atom. The number of nitrogens with one attached hydrogen (secondary N) is 1. The fraction of sp³-hybridized carbons (Fsp3) is 0.600. The first kappa shape index (κ1) is 17.3. The molecule has 5 heteroatoms. The van der Waals surface area contributed by atoms with Gasteiger partial charge in [0.1, 0.15) is 4.75 Å². The lowest BCUT2D eigenvalue weighted by molar-refractivity contribution is 0.300. The van der Waals surface area contributed by atoms with Crippen LogP contribution in [0.2, 0.25) is 0 Å². The Balaban J connectivity index is 2.80. The van der Waals surface area contributed by atoms with Crippen LogP contribution in [0.5, 0.6) is 5.75 Å². The average Bonchev–Trinajstić information content (AvgIpc) is 2.36. The number of rotatable bonds is 6. The van der Waals surface area contributed by atoms with Crippen LogP contribution in [0.25, 0.3) is 0 Å². The average molecular weight is 301 g/mol. The van der Waals surface area contributed by atoms with Gasteiger partial charge >= 0.3 is 0 Å². The van der Waals surface area contributed by atoms with E-state index in [9.17, 15) is 8.94 Å². The van der Waals surface area contributed by atoms with Gasteiger partial charge in [0.25, 0.3) is 0 Å². The van der Waals surface area contributed by atoms with E-state index in [1.165, 1.54) is 6.07 Å². The summed E-state index contributed by atoms with van der Waals surface area (Å²) in [4.78, 5) is 0. The second-order valence-electron chi connectivity index (χ2n) is 5.76. The van der Waals surface area contributed by atoms with Crippen molar-refractivity contribution in [2.24, 2.45) is 0 Å². The maximum Gasteiger partial charge on any atom is 0.165 e. The maximum atomic E-state index is 13.6. The summed E-state index contributed by atoms with van der Waals surface area (Å²) < 4.78 is 33.7. The predicted octanol–water partition coefficient (Wildman–Crippen LogP) is 3.73. The van der Waals surface area contributed by atoms with Crippen LogP contribution >= 0.6 is 0 Å².